The summed E-state index contributed by atoms with van der Waals surface area (Å²) in [5, 5.41) is 2.50. The highest BCUT2D eigenvalue weighted by Crippen LogP contribution is 1.90. The second-order valence-corrected chi connectivity index (χ2v) is 5.24. The van der Waals surface area contributed by atoms with Crippen molar-refractivity contribution >= 4 is 21.8 Å². The van der Waals surface area contributed by atoms with Crippen LogP contribution < -0.4 is 10.0 Å². The summed E-state index contributed by atoms with van der Waals surface area (Å²) < 4.78 is 23.1. The molecule has 2 N–H and O–H groups in total. The van der Waals surface area contributed by atoms with Crippen LogP contribution in [0.1, 0.15) is 20.3 Å². The average molecular weight is 236 g/mol. The SMILES string of the molecule is CC(C)C(=O)NCCC(=O)NS(C)(=O)=O. The fourth-order valence-corrected chi connectivity index (χ4v) is 1.28. The molecule has 0 aliphatic heterocycles. The number of rotatable bonds is 5. The minimum Gasteiger partial charge on any atom is -0.355 e. The molecule has 0 atom stereocenters. The Morgan fingerprint density at radius 1 is 1.27 bits per heavy atom. The number of carbonyl (C=O) groups excluding carboxylic acids is 2. The molecule has 2 amide bonds. The van der Waals surface area contributed by atoms with Crippen LogP contribution in [0.3, 0.4) is 0 Å². The maximum absolute atomic E-state index is 11.0. The Labute approximate surface area is 89.5 Å². The zero-order valence-corrected chi connectivity index (χ0v) is 9.85. The molecule has 0 aliphatic rings. The van der Waals surface area contributed by atoms with E-state index in [1.165, 1.54) is 0 Å². The number of sulfonamides is 1. The van der Waals surface area contributed by atoms with E-state index in [2.05, 4.69) is 5.32 Å². The predicted molar refractivity (Wildman–Crippen MR) is 55.5 cm³/mol. The molecule has 0 bridgehead atoms. The Morgan fingerprint density at radius 2 is 1.80 bits per heavy atom. The normalized spacial score (nSPS) is 11.2. The summed E-state index contributed by atoms with van der Waals surface area (Å²) >= 11 is 0. The first kappa shape index (κ1) is 13.9. The molecule has 6 nitrogen and oxygen atoms in total. The molecule has 0 aromatic rings. The third kappa shape index (κ3) is 7.92. The maximum Gasteiger partial charge on any atom is 0.235 e. The molecule has 7 heteroatoms. The highest BCUT2D eigenvalue weighted by molar-refractivity contribution is 7.89. The molecule has 0 saturated heterocycles. The number of amides is 2. The van der Waals surface area contributed by atoms with E-state index in [0.717, 1.165) is 6.26 Å². The van der Waals surface area contributed by atoms with Gasteiger partial charge >= 0.3 is 0 Å². The number of hydrogen-bond donors (Lipinski definition) is 2. The molecular weight excluding hydrogens is 220 g/mol. The largest absolute Gasteiger partial charge is 0.355 e. The molecule has 88 valence electrons. The lowest BCUT2D eigenvalue weighted by atomic mass is 10.2. The lowest BCUT2D eigenvalue weighted by molar-refractivity contribution is -0.124. The fraction of sp³-hybridized carbons (Fsp3) is 0.750. The average Bonchev–Trinajstić information content (AvgIpc) is 2.00. The highest BCUT2D eigenvalue weighted by Gasteiger charge is 2.10. The van der Waals surface area contributed by atoms with Crippen LogP contribution >= 0.6 is 0 Å². The van der Waals surface area contributed by atoms with Crippen LogP contribution in [0.5, 0.6) is 0 Å². The topological polar surface area (TPSA) is 92.3 Å². The molecule has 0 saturated carbocycles. The first-order chi connectivity index (χ1) is 6.72. The quantitative estimate of drug-likeness (QED) is 0.655. The van der Waals surface area contributed by atoms with Gasteiger partial charge in [-0.05, 0) is 0 Å². The van der Waals surface area contributed by atoms with Crippen molar-refractivity contribution in [2.75, 3.05) is 12.8 Å². The van der Waals surface area contributed by atoms with E-state index in [4.69, 9.17) is 0 Å². The Balaban J connectivity index is 3.79. The van der Waals surface area contributed by atoms with Gasteiger partial charge in [-0.3, -0.25) is 14.3 Å². The van der Waals surface area contributed by atoms with E-state index < -0.39 is 15.9 Å². The molecule has 15 heavy (non-hydrogen) atoms. The van der Waals surface area contributed by atoms with Crippen molar-refractivity contribution < 1.29 is 18.0 Å². The first-order valence-corrected chi connectivity index (χ1v) is 6.40. The minimum atomic E-state index is -3.50. The van der Waals surface area contributed by atoms with Crippen LogP contribution in [0.15, 0.2) is 0 Å². The van der Waals surface area contributed by atoms with Crippen molar-refractivity contribution in [2.45, 2.75) is 20.3 Å². The zero-order valence-electron chi connectivity index (χ0n) is 9.03. The zero-order chi connectivity index (χ0) is 12.1. The molecule has 0 radical (unpaired) electrons. The predicted octanol–water partition coefficient (Wildman–Crippen LogP) is -0.775. The van der Waals surface area contributed by atoms with Crippen LogP contribution in [-0.4, -0.2) is 33.0 Å². The van der Waals surface area contributed by atoms with Crippen molar-refractivity contribution in [3.05, 3.63) is 0 Å². The van der Waals surface area contributed by atoms with Crippen LogP contribution in [0, 0.1) is 5.92 Å². The summed E-state index contributed by atoms with van der Waals surface area (Å²) in [6, 6.07) is 0. The van der Waals surface area contributed by atoms with Crippen LogP contribution in [0.2, 0.25) is 0 Å². The van der Waals surface area contributed by atoms with Gasteiger partial charge in [-0.15, -0.1) is 0 Å². The van der Waals surface area contributed by atoms with Gasteiger partial charge in [-0.2, -0.15) is 0 Å². The van der Waals surface area contributed by atoms with Gasteiger partial charge in [0.15, 0.2) is 0 Å². The van der Waals surface area contributed by atoms with E-state index in [9.17, 15) is 18.0 Å². The molecule has 0 aromatic carbocycles. The molecule has 0 fully saturated rings. The standard InChI is InChI=1S/C8H16N2O4S/c1-6(2)8(12)9-5-4-7(11)10-15(3,13)14/h6H,4-5H2,1-3H3,(H,9,12)(H,10,11). The Morgan fingerprint density at radius 3 is 2.20 bits per heavy atom. The summed E-state index contributed by atoms with van der Waals surface area (Å²) in [4.78, 5) is 22.0. The minimum absolute atomic E-state index is 0.0501. The first-order valence-electron chi connectivity index (χ1n) is 4.50. The Bertz CT molecular complexity index is 335. The monoisotopic (exact) mass is 236 g/mol. The summed E-state index contributed by atoms with van der Waals surface area (Å²) in [6.45, 7) is 3.59. The number of carbonyl (C=O) groups is 2. The Hall–Kier alpha value is -1.11. The number of hydrogen-bond acceptors (Lipinski definition) is 4. The van der Waals surface area contributed by atoms with Gasteiger partial charge in [0, 0.05) is 18.9 Å². The van der Waals surface area contributed by atoms with Gasteiger partial charge in [-0.25, -0.2) is 8.42 Å². The maximum atomic E-state index is 11.0. The van der Waals surface area contributed by atoms with Gasteiger partial charge < -0.3 is 5.32 Å². The van der Waals surface area contributed by atoms with Crippen LogP contribution in [-0.2, 0) is 19.6 Å². The lowest BCUT2D eigenvalue weighted by Crippen LogP contribution is -2.34. The lowest BCUT2D eigenvalue weighted by Gasteiger charge is -2.07. The third-order valence-electron chi connectivity index (χ3n) is 1.47. The van der Waals surface area contributed by atoms with E-state index >= 15 is 0 Å². The van der Waals surface area contributed by atoms with Gasteiger partial charge in [-0.1, -0.05) is 13.8 Å². The van der Waals surface area contributed by atoms with Gasteiger partial charge in [0.2, 0.25) is 21.8 Å². The van der Waals surface area contributed by atoms with E-state index in [1.807, 2.05) is 0 Å². The van der Waals surface area contributed by atoms with Crippen molar-refractivity contribution in [1.29, 1.82) is 0 Å². The van der Waals surface area contributed by atoms with E-state index in [0.29, 0.717) is 0 Å². The van der Waals surface area contributed by atoms with Crippen LogP contribution in [0.25, 0.3) is 0 Å². The second-order valence-electron chi connectivity index (χ2n) is 3.49. The second kappa shape index (κ2) is 5.69. The molecule has 0 aliphatic carbocycles. The summed E-state index contributed by atoms with van der Waals surface area (Å²) in [5.74, 6) is -0.938. The van der Waals surface area contributed by atoms with Crippen LogP contribution in [0.4, 0.5) is 0 Å². The molecule has 0 unspecified atom stereocenters. The molecule has 0 heterocycles. The van der Waals surface area contributed by atoms with Gasteiger partial charge in [0.1, 0.15) is 0 Å². The molecule has 0 aromatic heterocycles. The van der Waals surface area contributed by atoms with E-state index in [1.54, 1.807) is 18.6 Å². The Kier molecular flexibility index (Phi) is 5.27. The molecule has 0 rings (SSSR count). The fourth-order valence-electron chi connectivity index (χ4n) is 0.761. The van der Waals surface area contributed by atoms with E-state index in [-0.39, 0.29) is 24.8 Å². The van der Waals surface area contributed by atoms with Crippen molar-refractivity contribution in [3.63, 3.8) is 0 Å². The smallest absolute Gasteiger partial charge is 0.235 e. The molecular formula is C8H16N2O4S. The van der Waals surface area contributed by atoms with Gasteiger partial charge in [0.25, 0.3) is 0 Å². The highest BCUT2D eigenvalue weighted by atomic mass is 32.2. The summed E-state index contributed by atoms with van der Waals surface area (Å²) in [7, 11) is -3.50. The summed E-state index contributed by atoms with van der Waals surface area (Å²) in [5.41, 5.74) is 0. The van der Waals surface area contributed by atoms with Gasteiger partial charge in [0.05, 0.1) is 6.26 Å². The molecule has 0 spiro atoms. The van der Waals surface area contributed by atoms with Crippen molar-refractivity contribution in [2.24, 2.45) is 5.92 Å². The number of nitrogens with one attached hydrogen (secondary N) is 2. The summed E-state index contributed by atoms with van der Waals surface area (Å²) in [6.07, 6.45) is 0.850. The van der Waals surface area contributed by atoms with Crippen molar-refractivity contribution in [3.8, 4) is 0 Å². The van der Waals surface area contributed by atoms with Crippen molar-refractivity contribution in [1.82, 2.24) is 10.0 Å². The third-order valence-corrected chi connectivity index (χ3v) is 2.07.